The van der Waals surface area contributed by atoms with Crippen LogP contribution in [0, 0.1) is 11.3 Å². The number of rotatable bonds is 10. The van der Waals surface area contributed by atoms with Gasteiger partial charge >= 0.3 is 5.97 Å². The number of nitrogens with zero attached hydrogens (tertiary/aromatic N) is 3. The van der Waals surface area contributed by atoms with Gasteiger partial charge in [-0.3, -0.25) is 14.4 Å². The van der Waals surface area contributed by atoms with Crippen LogP contribution in [0.15, 0.2) is 120 Å². The molecule has 0 bridgehead atoms. The Bertz CT molecular complexity index is 2040. The second-order valence-electron chi connectivity index (χ2n) is 10.7. The third-order valence-electron chi connectivity index (χ3n) is 7.72. The molecule has 2 heterocycles. The quantitative estimate of drug-likeness (QED) is 0.0913. The van der Waals surface area contributed by atoms with E-state index in [1.807, 2.05) is 48.5 Å². The molecule has 0 aliphatic carbocycles. The zero-order valence-corrected chi connectivity index (χ0v) is 26.5. The van der Waals surface area contributed by atoms with Crippen molar-refractivity contribution in [3.8, 4) is 34.2 Å². The number of aromatic nitrogens is 1. The number of pyridine rings is 1. The number of methoxy groups -OCH3 is 1. The molecule has 9 nitrogen and oxygen atoms in total. The minimum absolute atomic E-state index is 0.102. The average Bonchev–Trinajstić information content (AvgIpc) is 3.42. The van der Waals surface area contributed by atoms with Crippen LogP contribution in [0.5, 0.6) is 5.75 Å². The maximum Gasteiger partial charge on any atom is 0.338 e. The van der Waals surface area contributed by atoms with Crippen molar-refractivity contribution in [3.05, 3.63) is 132 Å². The first-order valence-corrected chi connectivity index (χ1v) is 15.8. The summed E-state index contributed by atoms with van der Waals surface area (Å²) in [5, 5.41) is 9.80. The summed E-state index contributed by atoms with van der Waals surface area (Å²) in [6.07, 6.45) is -0.102. The van der Waals surface area contributed by atoms with Crippen LogP contribution in [0.1, 0.15) is 32.7 Å². The molecule has 48 heavy (non-hydrogen) atoms. The highest BCUT2D eigenvalue weighted by Gasteiger charge is 2.41. The largest absolute Gasteiger partial charge is 0.497 e. The summed E-state index contributed by atoms with van der Waals surface area (Å²) < 4.78 is 10.5. The summed E-state index contributed by atoms with van der Waals surface area (Å²) in [5.74, 6) is -1.26. The van der Waals surface area contributed by atoms with Crippen molar-refractivity contribution in [2.75, 3.05) is 18.6 Å². The smallest absolute Gasteiger partial charge is 0.338 e. The highest BCUT2D eigenvalue weighted by atomic mass is 32.2. The monoisotopic (exact) mass is 653 g/mol. The van der Waals surface area contributed by atoms with Crippen molar-refractivity contribution in [2.24, 2.45) is 0 Å². The SMILES string of the molecule is COc1ccc(-c2cc(-c3ccccc3)nc(SC3CC(=O)N(c4ccc(C(=O)OCC(=O)c5ccccc5)cc4)C3=O)c2C#N)cc1. The lowest BCUT2D eigenvalue weighted by Gasteiger charge is -2.16. The molecule has 10 heteroatoms. The number of anilines is 1. The maximum absolute atomic E-state index is 13.7. The Morgan fingerprint density at radius 1 is 0.875 bits per heavy atom. The number of hydrogen-bond acceptors (Lipinski definition) is 9. The van der Waals surface area contributed by atoms with Gasteiger partial charge in [-0.1, -0.05) is 84.6 Å². The van der Waals surface area contributed by atoms with Gasteiger partial charge in [-0.15, -0.1) is 0 Å². The molecule has 0 saturated carbocycles. The van der Waals surface area contributed by atoms with Gasteiger partial charge in [-0.2, -0.15) is 5.26 Å². The number of carbonyl (C=O) groups excluding carboxylic acids is 4. The topological polar surface area (TPSA) is 127 Å². The normalized spacial score (nSPS) is 14.0. The number of nitriles is 1. The lowest BCUT2D eigenvalue weighted by atomic mass is 9.99. The summed E-state index contributed by atoms with van der Waals surface area (Å²) in [5.41, 5.74) is 4.02. The summed E-state index contributed by atoms with van der Waals surface area (Å²) in [6, 6.07) is 35.3. The third kappa shape index (κ3) is 6.72. The minimum Gasteiger partial charge on any atom is -0.497 e. The second kappa shape index (κ2) is 14.2. The summed E-state index contributed by atoms with van der Waals surface area (Å²) >= 11 is 1.08. The molecule has 6 rings (SSSR count). The van der Waals surface area contributed by atoms with Gasteiger partial charge in [-0.25, -0.2) is 14.7 Å². The standard InChI is InChI=1S/C38H27N3O6S/c1-46-29-18-14-24(15-19-29)30-20-32(25-8-4-2-5-9-25)40-36(31(30)22-39)48-34-21-35(43)41(37(34)44)28-16-12-27(13-17-28)38(45)47-23-33(42)26-10-6-3-7-11-26/h2-20,34H,21,23H2,1H3. The number of hydrogen-bond donors (Lipinski definition) is 0. The molecule has 0 N–H and O–H groups in total. The summed E-state index contributed by atoms with van der Waals surface area (Å²) in [4.78, 5) is 57.6. The predicted octanol–water partition coefficient (Wildman–Crippen LogP) is 6.76. The van der Waals surface area contributed by atoms with E-state index in [9.17, 15) is 24.4 Å². The zero-order valence-electron chi connectivity index (χ0n) is 25.7. The molecule has 5 aromatic rings. The Balaban J connectivity index is 1.22. The Morgan fingerprint density at radius 3 is 2.19 bits per heavy atom. The molecule has 1 saturated heterocycles. The first kappa shape index (κ1) is 31.9. The number of esters is 1. The highest BCUT2D eigenvalue weighted by Crippen LogP contribution is 2.39. The van der Waals surface area contributed by atoms with Crippen LogP contribution in [0.25, 0.3) is 22.4 Å². The van der Waals surface area contributed by atoms with Gasteiger partial charge in [0.2, 0.25) is 11.8 Å². The molecule has 0 radical (unpaired) electrons. The molecule has 1 atom stereocenters. The Hall–Kier alpha value is -6.05. The lowest BCUT2D eigenvalue weighted by molar-refractivity contribution is -0.121. The first-order valence-electron chi connectivity index (χ1n) is 14.9. The van der Waals surface area contributed by atoms with Crippen LogP contribution < -0.4 is 9.64 Å². The molecule has 1 aliphatic heterocycles. The molecule has 4 aromatic carbocycles. The molecule has 1 aliphatic rings. The van der Waals surface area contributed by atoms with E-state index < -0.39 is 29.6 Å². The Morgan fingerprint density at radius 2 is 1.54 bits per heavy atom. The average molecular weight is 654 g/mol. The van der Waals surface area contributed by atoms with Crippen molar-refractivity contribution >= 4 is 41.0 Å². The molecular weight excluding hydrogens is 627 g/mol. The van der Waals surface area contributed by atoms with E-state index in [0.717, 1.165) is 27.8 Å². The van der Waals surface area contributed by atoms with Crippen LogP contribution in [0.2, 0.25) is 0 Å². The van der Waals surface area contributed by atoms with E-state index in [1.54, 1.807) is 49.6 Å². The molecule has 1 unspecified atom stereocenters. The Labute approximate surface area is 280 Å². The van der Waals surface area contributed by atoms with Gasteiger partial charge < -0.3 is 9.47 Å². The van der Waals surface area contributed by atoms with Crippen molar-refractivity contribution < 1.29 is 28.7 Å². The fourth-order valence-corrected chi connectivity index (χ4v) is 6.37. The fourth-order valence-electron chi connectivity index (χ4n) is 5.24. The predicted molar refractivity (Wildman–Crippen MR) is 181 cm³/mol. The van der Waals surface area contributed by atoms with Crippen molar-refractivity contribution in [2.45, 2.75) is 16.7 Å². The number of imide groups is 1. The molecule has 1 fully saturated rings. The fraction of sp³-hybridized carbons (Fsp3) is 0.105. The number of amides is 2. The van der Waals surface area contributed by atoms with E-state index in [0.29, 0.717) is 27.6 Å². The van der Waals surface area contributed by atoms with Crippen molar-refractivity contribution in [1.82, 2.24) is 4.98 Å². The van der Waals surface area contributed by atoms with Crippen LogP contribution in [-0.2, 0) is 14.3 Å². The van der Waals surface area contributed by atoms with Gasteiger partial charge in [0.05, 0.1) is 34.9 Å². The Kier molecular flexibility index (Phi) is 9.41. The number of carbonyl (C=O) groups is 4. The van der Waals surface area contributed by atoms with Crippen LogP contribution >= 0.6 is 11.8 Å². The van der Waals surface area contributed by atoms with E-state index in [1.165, 1.54) is 24.3 Å². The van der Waals surface area contributed by atoms with Gasteiger partial charge in [0.1, 0.15) is 16.8 Å². The van der Waals surface area contributed by atoms with E-state index in [2.05, 4.69) is 6.07 Å². The number of benzene rings is 4. The molecule has 1 aromatic heterocycles. The third-order valence-corrected chi connectivity index (χ3v) is 8.89. The maximum atomic E-state index is 13.7. The van der Waals surface area contributed by atoms with Crippen molar-refractivity contribution in [1.29, 1.82) is 5.26 Å². The van der Waals surface area contributed by atoms with Gasteiger partial charge in [0.25, 0.3) is 0 Å². The van der Waals surface area contributed by atoms with E-state index in [-0.39, 0.29) is 29.0 Å². The summed E-state index contributed by atoms with van der Waals surface area (Å²) in [6.45, 7) is -0.420. The number of ether oxygens (including phenoxy) is 2. The van der Waals surface area contributed by atoms with Crippen LogP contribution in [0.4, 0.5) is 5.69 Å². The minimum atomic E-state index is -0.833. The van der Waals surface area contributed by atoms with E-state index >= 15 is 0 Å². The first-order chi connectivity index (χ1) is 23.4. The molecular formula is C38H27N3O6S. The lowest BCUT2D eigenvalue weighted by Crippen LogP contribution is -2.31. The number of ketones is 1. The van der Waals surface area contributed by atoms with E-state index in [4.69, 9.17) is 14.5 Å². The summed E-state index contributed by atoms with van der Waals surface area (Å²) in [7, 11) is 1.58. The van der Waals surface area contributed by atoms with Gasteiger partial charge in [-0.05, 0) is 48.0 Å². The van der Waals surface area contributed by atoms with Crippen LogP contribution in [0.3, 0.4) is 0 Å². The zero-order chi connectivity index (χ0) is 33.6. The number of Topliss-reactive ketones (excluding diaryl/α,β-unsaturated/α-hetero) is 1. The molecule has 236 valence electrons. The highest BCUT2D eigenvalue weighted by molar-refractivity contribution is 8.00. The molecule has 0 spiro atoms. The van der Waals surface area contributed by atoms with Gasteiger partial charge in [0, 0.05) is 23.1 Å². The second-order valence-corrected chi connectivity index (χ2v) is 11.9. The van der Waals surface area contributed by atoms with Crippen molar-refractivity contribution in [3.63, 3.8) is 0 Å². The van der Waals surface area contributed by atoms with Crippen LogP contribution in [-0.4, -0.2) is 47.5 Å². The molecule has 2 amide bonds. The number of thioether (sulfide) groups is 1. The van der Waals surface area contributed by atoms with Gasteiger partial charge in [0.15, 0.2) is 12.4 Å².